The Hall–Kier alpha value is -3.54. The van der Waals surface area contributed by atoms with Crippen LogP contribution >= 0.6 is 0 Å². The zero-order chi connectivity index (χ0) is 33.4. The summed E-state index contributed by atoms with van der Waals surface area (Å²) >= 11 is 0. The lowest BCUT2D eigenvalue weighted by molar-refractivity contribution is -0.119. The molecule has 0 spiro atoms. The molecule has 1 amide bonds. The van der Waals surface area contributed by atoms with Crippen molar-refractivity contribution >= 4 is 25.6 Å². The summed E-state index contributed by atoms with van der Waals surface area (Å²) in [6.07, 6.45) is -0.0896. The third-order valence-electron chi connectivity index (χ3n) is 9.62. The first-order valence-electron chi connectivity index (χ1n) is 15.6. The number of rotatable bonds is 9. The van der Waals surface area contributed by atoms with Gasteiger partial charge < -0.3 is 28.8 Å². The lowest BCUT2D eigenvalue weighted by Crippen LogP contribution is -2.63. The fourth-order valence-corrected chi connectivity index (χ4v) is 7.14. The van der Waals surface area contributed by atoms with Crippen molar-refractivity contribution in [2.75, 3.05) is 36.6 Å². The molecule has 11 heteroatoms. The van der Waals surface area contributed by atoms with E-state index in [2.05, 4.69) is 33.9 Å². The second-order valence-electron chi connectivity index (χ2n) is 13.8. The van der Waals surface area contributed by atoms with Gasteiger partial charge in [0.15, 0.2) is 8.32 Å². The highest BCUT2D eigenvalue weighted by molar-refractivity contribution is 6.74. The normalized spacial score (nSPS) is 20.5. The highest BCUT2D eigenvalue weighted by Crippen LogP contribution is 2.42. The molecule has 1 fully saturated rings. The zero-order valence-electron chi connectivity index (χ0n) is 27.3. The van der Waals surface area contributed by atoms with E-state index < -0.39 is 37.5 Å². The van der Waals surface area contributed by atoms with Crippen LogP contribution < -0.4 is 19.3 Å². The van der Waals surface area contributed by atoms with Crippen molar-refractivity contribution in [2.24, 2.45) is 0 Å². The molecule has 46 heavy (non-hydrogen) atoms. The van der Waals surface area contributed by atoms with Gasteiger partial charge in [-0.05, 0) is 72.9 Å². The molecule has 0 bridgehead atoms. The van der Waals surface area contributed by atoms with E-state index in [4.69, 9.17) is 13.9 Å². The molecule has 3 aromatic carbocycles. The van der Waals surface area contributed by atoms with E-state index in [9.17, 15) is 18.7 Å². The van der Waals surface area contributed by atoms with E-state index in [-0.39, 0.29) is 61.4 Å². The molecule has 0 aromatic heterocycles. The lowest BCUT2D eigenvalue weighted by Gasteiger charge is -2.49. The standard InChI is InChI=1S/C35H43F3N2O5Si/c1-34(2,3)46(5,6)45-31-21-39(29-14-9-24(36)19-28(29)38)18-17-35(31,42)22-44-30-15-13-27(37)33-26(30)12-16-32(41)40(33)20-23-7-10-25(43-4)11-8-23/h7-11,13-15,19,31,42H,12,16-18,20-22H2,1-6H3/t31-,35-/m1/s1. The summed E-state index contributed by atoms with van der Waals surface area (Å²) < 4.78 is 62.2. The highest BCUT2D eigenvalue weighted by Gasteiger charge is 2.49. The number of hydrogen-bond acceptors (Lipinski definition) is 6. The number of nitrogens with zero attached hydrogens (tertiary/aromatic N) is 2. The van der Waals surface area contributed by atoms with Crippen LogP contribution in [0.3, 0.4) is 0 Å². The zero-order valence-corrected chi connectivity index (χ0v) is 28.3. The van der Waals surface area contributed by atoms with Crippen molar-refractivity contribution in [2.45, 2.75) is 76.4 Å². The van der Waals surface area contributed by atoms with E-state index in [1.807, 2.05) is 12.1 Å². The Morgan fingerprint density at radius 1 is 1.00 bits per heavy atom. The molecule has 0 unspecified atom stereocenters. The van der Waals surface area contributed by atoms with Gasteiger partial charge in [-0.2, -0.15) is 0 Å². The number of halogens is 3. The Kier molecular flexibility index (Phi) is 9.50. The van der Waals surface area contributed by atoms with Crippen molar-refractivity contribution in [3.63, 3.8) is 0 Å². The minimum absolute atomic E-state index is 0.156. The van der Waals surface area contributed by atoms with Gasteiger partial charge in [-0.3, -0.25) is 4.79 Å². The Morgan fingerprint density at radius 3 is 2.37 bits per heavy atom. The molecule has 2 heterocycles. The summed E-state index contributed by atoms with van der Waals surface area (Å²) in [4.78, 5) is 16.2. The first kappa shape index (κ1) is 33.8. The maximum Gasteiger partial charge on any atom is 0.227 e. The van der Waals surface area contributed by atoms with Gasteiger partial charge in [0, 0.05) is 31.1 Å². The summed E-state index contributed by atoms with van der Waals surface area (Å²) in [6.45, 7) is 10.9. The maximum atomic E-state index is 15.4. The van der Waals surface area contributed by atoms with Crippen LogP contribution in [0.2, 0.25) is 18.1 Å². The number of amides is 1. The highest BCUT2D eigenvalue weighted by atomic mass is 28.4. The van der Waals surface area contributed by atoms with Crippen molar-refractivity contribution in [3.05, 3.63) is 83.2 Å². The molecular weight excluding hydrogens is 613 g/mol. The third kappa shape index (κ3) is 6.91. The minimum Gasteiger partial charge on any atom is -0.497 e. The van der Waals surface area contributed by atoms with Crippen LogP contribution in [0.25, 0.3) is 0 Å². The summed E-state index contributed by atoms with van der Waals surface area (Å²) in [5, 5.41) is 12.0. The summed E-state index contributed by atoms with van der Waals surface area (Å²) in [6, 6.07) is 13.5. The number of aliphatic hydroxyl groups is 1. The van der Waals surface area contributed by atoms with E-state index in [0.29, 0.717) is 23.5 Å². The molecule has 2 atom stereocenters. The number of carbonyl (C=O) groups excluding carboxylic acids is 1. The van der Waals surface area contributed by atoms with Crippen LogP contribution in [0.4, 0.5) is 24.5 Å². The lowest BCUT2D eigenvalue weighted by atomic mass is 9.89. The number of carbonyl (C=O) groups is 1. The predicted molar refractivity (Wildman–Crippen MR) is 175 cm³/mol. The van der Waals surface area contributed by atoms with E-state index >= 15 is 4.39 Å². The van der Waals surface area contributed by atoms with Gasteiger partial charge in [0.05, 0.1) is 31.1 Å². The van der Waals surface area contributed by atoms with E-state index in [1.165, 1.54) is 29.2 Å². The number of hydrogen-bond donors (Lipinski definition) is 1. The third-order valence-corrected chi connectivity index (χ3v) is 14.1. The quantitative estimate of drug-likeness (QED) is 0.250. The molecule has 0 radical (unpaired) electrons. The molecule has 0 saturated carbocycles. The molecule has 0 aliphatic carbocycles. The minimum atomic E-state index is -2.43. The fraction of sp³-hybridized carbons (Fsp3) is 0.457. The molecule has 1 N–H and O–H groups in total. The smallest absolute Gasteiger partial charge is 0.227 e. The second-order valence-corrected chi connectivity index (χ2v) is 18.5. The molecule has 248 valence electrons. The molecule has 1 saturated heterocycles. The molecule has 3 aromatic rings. The van der Waals surface area contributed by atoms with E-state index in [0.717, 1.165) is 11.6 Å². The molecule has 7 nitrogen and oxygen atoms in total. The summed E-state index contributed by atoms with van der Waals surface area (Å²) in [5.74, 6) is -1.00. The van der Waals surface area contributed by atoms with Crippen LogP contribution in [-0.2, 0) is 22.2 Å². The van der Waals surface area contributed by atoms with Crippen LogP contribution in [0.15, 0.2) is 54.6 Å². The number of fused-ring (bicyclic) bond motifs is 1. The summed E-state index contributed by atoms with van der Waals surface area (Å²) in [7, 11) is -0.858. The number of piperidine rings is 1. The van der Waals surface area contributed by atoms with Crippen molar-refractivity contribution in [1.82, 2.24) is 0 Å². The van der Waals surface area contributed by atoms with Crippen LogP contribution in [0.5, 0.6) is 11.5 Å². The largest absolute Gasteiger partial charge is 0.497 e. The monoisotopic (exact) mass is 656 g/mol. The Labute approximate surface area is 270 Å². The van der Waals surface area contributed by atoms with Gasteiger partial charge >= 0.3 is 0 Å². The van der Waals surface area contributed by atoms with Gasteiger partial charge in [0.1, 0.15) is 41.2 Å². The number of anilines is 2. The van der Waals surface area contributed by atoms with Gasteiger partial charge in [0.2, 0.25) is 5.91 Å². The maximum absolute atomic E-state index is 15.4. The van der Waals surface area contributed by atoms with Gasteiger partial charge in [-0.15, -0.1) is 0 Å². The van der Waals surface area contributed by atoms with Crippen molar-refractivity contribution in [1.29, 1.82) is 0 Å². The predicted octanol–water partition coefficient (Wildman–Crippen LogP) is 7.00. The van der Waals surface area contributed by atoms with E-state index in [1.54, 1.807) is 24.1 Å². The Morgan fingerprint density at radius 2 is 1.72 bits per heavy atom. The topological polar surface area (TPSA) is 71.5 Å². The summed E-state index contributed by atoms with van der Waals surface area (Å²) in [5.41, 5.74) is 0.327. The van der Waals surface area contributed by atoms with Gasteiger partial charge in [-0.1, -0.05) is 32.9 Å². The SMILES string of the molecule is COc1ccc(CN2C(=O)CCc3c(OC[C@]4(O)CCN(c5ccc(F)cc5F)C[C@H]4O[Si](C)(C)C(C)(C)C)ccc(F)c32)cc1. The second kappa shape index (κ2) is 12.9. The number of benzene rings is 3. The van der Waals surface area contributed by atoms with Crippen LogP contribution in [-0.4, -0.2) is 57.8 Å². The first-order chi connectivity index (χ1) is 21.6. The Bertz CT molecular complexity index is 1580. The number of ether oxygens (including phenoxy) is 2. The van der Waals surface area contributed by atoms with Crippen LogP contribution in [0.1, 0.15) is 44.7 Å². The Balaban J connectivity index is 1.41. The van der Waals surface area contributed by atoms with Crippen LogP contribution in [0, 0.1) is 17.5 Å². The number of methoxy groups -OCH3 is 1. The first-order valence-corrected chi connectivity index (χ1v) is 18.5. The van der Waals surface area contributed by atoms with Gasteiger partial charge in [-0.25, -0.2) is 13.2 Å². The molecule has 2 aliphatic rings. The van der Waals surface area contributed by atoms with Gasteiger partial charge in [0.25, 0.3) is 0 Å². The fourth-order valence-electron chi connectivity index (χ4n) is 5.78. The molecule has 2 aliphatic heterocycles. The molecular formula is C35H43F3N2O5Si. The van der Waals surface area contributed by atoms with Crippen molar-refractivity contribution < 1.29 is 37.0 Å². The van der Waals surface area contributed by atoms with Crippen molar-refractivity contribution in [3.8, 4) is 11.5 Å². The average Bonchev–Trinajstić information content (AvgIpc) is 2.99. The molecule has 5 rings (SSSR count). The average molecular weight is 657 g/mol.